The molecule has 7 nitrogen and oxygen atoms in total. The van der Waals surface area contributed by atoms with Crippen LogP contribution < -0.4 is 5.32 Å². The Balaban J connectivity index is 1.33. The molecule has 2 aromatic rings. The highest BCUT2D eigenvalue weighted by molar-refractivity contribution is 6.07. The standard InChI is InChI=1S/C25H35N5O2/c1-24(2,3)21-10-12-25(13-11-21)22(31)30(23(32)27-25)18-28(4)15-20-14-26-29(17-20)16-19-8-6-5-7-9-19/h5-9,14,17,21H,10-13,15-16,18H2,1-4H3,(H,27,32). The molecule has 1 saturated carbocycles. The average Bonchev–Trinajstić information content (AvgIpc) is 3.26. The normalized spacial score (nSPS) is 23.9. The Kier molecular flexibility index (Phi) is 6.12. The number of imide groups is 1. The second-order valence-corrected chi connectivity index (χ2v) is 10.6. The lowest BCUT2D eigenvalue weighted by Gasteiger charge is -2.40. The molecule has 1 spiro atoms. The summed E-state index contributed by atoms with van der Waals surface area (Å²) in [7, 11) is 1.93. The first kappa shape index (κ1) is 22.5. The van der Waals surface area contributed by atoms with Crippen LogP contribution in [0.3, 0.4) is 0 Å². The summed E-state index contributed by atoms with van der Waals surface area (Å²) in [6.45, 7) is 8.38. The van der Waals surface area contributed by atoms with Crippen LogP contribution in [0, 0.1) is 11.3 Å². The van der Waals surface area contributed by atoms with Gasteiger partial charge in [0.25, 0.3) is 5.91 Å². The quantitative estimate of drug-likeness (QED) is 0.697. The lowest BCUT2D eigenvalue weighted by Crippen LogP contribution is -2.51. The molecule has 1 aromatic carbocycles. The molecule has 1 aromatic heterocycles. The molecule has 1 saturated heterocycles. The van der Waals surface area contributed by atoms with Gasteiger partial charge in [-0.05, 0) is 49.6 Å². The molecule has 1 aliphatic heterocycles. The van der Waals surface area contributed by atoms with E-state index in [0.29, 0.717) is 12.5 Å². The molecule has 0 radical (unpaired) electrons. The van der Waals surface area contributed by atoms with Crippen LogP contribution in [-0.4, -0.2) is 50.8 Å². The zero-order chi connectivity index (χ0) is 22.9. The van der Waals surface area contributed by atoms with Gasteiger partial charge < -0.3 is 5.32 Å². The topological polar surface area (TPSA) is 70.5 Å². The Hall–Kier alpha value is -2.67. The maximum Gasteiger partial charge on any atom is 0.326 e. The van der Waals surface area contributed by atoms with Gasteiger partial charge in [-0.3, -0.25) is 14.4 Å². The van der Waals surface area contributed by atoms with E-state index >= 15 is 0 Å². The first-order valence-corrected chi connectivity index (χ1v) is 11.5. The van der Waals surface area contributed by atoms with Gasteiger partial charge in [-0.1, -0.05) is 51.1 Å². The molecule has 2 heterocycles. The van der Waals surface area contributed by atoms with Gasteiger partial charge in [0, 0.05) is 18.3 Å². The number of hydrogen-bond donors (Lipinski definition) is 1. The van der Waals surface area contributed by atoms with Crippen LogP contribution in [-0.2, 0) is 17.9 Å². The number of urea groups is 1. The summed E-state index contributed by atoms with van der Waals surface area (Å²) in [5, 5.41) is 7.49. The zero-order valence-corrected chi connectivity index (χ0v) is 19.7. The molecule has 0 unspecified atom stereocenters. The molecular formula is C25H35N5O2. The maximum absolute atomic E-state index is 13.2. The van der Waals surface area contributed by atoms with Crippen molar-refractivity contribution in [2.24, 2.45) is 11.3 Å². The lowest BCUT2D eigenvalue weighted by molar-refractivity contribution is -0.134. The second kappa shape index (κ2) is 8.70. The molecule has 7 heteroatoms. The number of hydrogen-bond acceptors (Lipinski definition) is 4. The van der Waals surface area contributed by atoms with E-state index in [0.717, 1.165) is 37.8 Å². The third kappa shape index (κ3) is 4.72. The fourth-order valence-corrected chi connectivity index (χ4v) is 5.07. The van der Waals surface area contributed by atoms with Crippen molar-refractivity contribution in [3.8, 4) is 0 Å². The van der Waals surface area contributed by atoms with Crippen molar-refractivity contribution < 1.29 is 9.59 Å². The van der Waals surface area contributed by atoms with Crippen molar-refractivity contribution in [1.82, 2.24) is 24.9 Å². The van der Waals surface area contributed by atoms with E-state index in [1.54, 1.807) is 0 Å². The van der Waals surface area contributed by atoms with Gasteiger partial charge in [0.15, 0.2) is 0 Å². The Bertz CT molecular complexity index is 954. The van der Waals surface area contributed by atoms with Crippen LogP contribution >= 0.6 is 0 Å². The van der Waals surface area contributed by atoms with Gasteiger partial charge in [-0.25, -0.2) is 9.69 Å². The van der Waals surface area contributed by atoms with E-state index in [1.165, 1.54) is 10.5 Å². The second-order valence-electron chi connectivity index (χ2n) is 10.6. The van der Waals surface area contributed by atoms with Gasteiger partial charge in [0.05, 0.1) is 19.4 Å². The number of nitrogens with one attached hydrogen (secondary N) is 1. The molecular weight excluding hydrogens is 402 g/mol. The summed E-state index contributed by atoms with van der Waals surface area (Å²) in [5.41, 5.74) is 1.77. The number of benzene rings is 1. The fraction of sp³-hybridized carbons (Fsp3) is 0.560. The molecule has 172 valence electrons. The summed E-state index contributed by atoms with van der Waals surface area (Å²) in [6, 6.07) is 9.94. The highest BCUT2D eigenvalue weighted by Crippen LogP contribution is 2.43. The Morgan fingerprint density at radius 2 is 1.81 bits per heavy atom. The summed E-state index contributed by atoms with van der Waals surface area (Å²) in [5.74, 6) is 0.517. The molecule has 2 aliphatic rings. The average molecular weight is 438 g/mol. The molecule has 3 amide bonds. The van der Waals surface area contributed by atoms with Gasteiger partial charge in [-0.2, -0.15) is 5.10 Å². The van der Waals surface area contributed by atoms with Crippen LogP contribution in [0.5, 0.6) is 0 Å². The molecule has 0 atom stereocenters. The Morgan fingerprint density at radius 3 is 2.47 bits per heavy atom. The van der Waals surface area contributed by atoms with Crippen molar-refractivity contribution >= 4 is 11.9 Å². The van der Waals surface area contributed by atoms with Gasteiger partial charge in [0.1, 0.15) is 5.54 Å². The number of rotatable bonds is 6. The maximum atomic E-state index is 13.2. The monoisotopic (exact) mass is 437 g/mol. The SMILES string of the molecule is CN(Cc1cnn(Cc2ccccc2)c1)CN1C(=O)NC2(CCC(C(C)(C)C)CC2)C1=O. The van der Waals surface area contributed by atoms with Crippen LogP contribution in [0.2, 0.25) is 0 Å². The summed E-state index contributed by atoms with van der Waals surface area (Å²) < 4.78 is 1.91. The molecule has 32 heavy (non-hydrogen) atoms. The number of carbonyl (C=O) groups is 2. The van der Waals surface area contributed by atoms with E-state index in [2.05, 4.69) is 43.3 Å². The van der Waals surface area contributed by atoms with E-state index in [1.807, 2.05) is 47.2 Å². The highest BCUT2D eigenvalue weighted by Gasteiger charge is 2.53. The van der Waals surface area contributed by atoms with Gasteiger partial charge >= 0.3 is 6.03 Å². The third-order valence-corrected chi connectivity index (χ3v) is 7.02. The Morgan fingerprint density at radius 1 is 1.12 bits per heavy atom. The molecule has 1 aliphatic carbocycles. The first-order chi connectivity index (χ1) is 15.2. The van der Waals surface area contributed by atoms with Crippen molar-refractivity contribution in [2.75, 3.05) is 13.7 Å². The minimum Gasteiger partial charge on any atom is -0.323 e. The number of amides is 3. The van der Waals surface area contributed by atoms with Crippen molar-refractivity contribution in [3.63, 3.8) is 0 Å². The fourth-order valence-electron chi connectivity index (χ4n) is 5.07. The Labute approximate surface area is 190 Å². The van der Waals surface area contributed by atoms with Crippen LogP contribution in [0.1, 0.15) is 57.6 Å². The van der Waals surface area contributed by atoms with E-state index in [4.69, 9.17) is 0 Å². The summed E-state index contributed by atoms with van der Waals surface area (Å²) in [4.78, 5) is 29.3. The predicted molar refractivity (Wildman–Crippen MR) is 124 cm³/mol. The molecule has 2 fully saturated rings. The van der Waals surface area contributed by atoms with Crippen LogP contribution in [0.15, 0.2) is 42.7 Å². The molecule has 4 rings (SSSR count). The zero-order valence-electron chi connectivity index (χ0n) is 19.7. The van der Waals surface area contributed by atoms with E-state index < -0.39 is 5.54 Å². The summed E-state index contributed by atoms with van der Waals surface area (Å²) in [6.07, 6.45) is 7.27. The van der Waals surface area contributed by atoms with Gasteiger partial charge in [0.2, 0.25) is 0 Å². The lowest BCUT2D eigenvalue weighted by atomic mass is 9.67. The minimum atomic E-state index is -0.708. The third-order valence-electron chi connectivity index (χ3n) is 7.02. The van der Waals surface area contributed by atoms with Crippen LogP contribution in [0.4, 0.5) is 4.79 Å². The number of carbonyl (C=O) groups excluding carboxylic acids is 2. The van der Waals surface area contributed by atoms with Crippen LogP contribution in [0.25, 0.3) is 0 Å². The van der Waals surface area contributed by atoms with E-state index in [9.17, 15) is 9.59 Å². The predicted octanol–water partition coefficient (Wildman–Crippen LogP) is 3.85. The first-order valence-electron chi connectivity index (χ1n) is 11.5. The van der Waals surface area contributed by atoms with Crippen molar-refractivity contribution in [2.45, 2.75) is 65.1 Å². The number of nitrogens with zero attached hydrogens (tertiary/aromatic N) is 4. The summed E-state index contributed by atoms with van der Waals surface area (Å²) >= 11 is 0. The van der Waals surface area contributed by atoms with E-state index in [-0.39, 0.29) is 24.0 Å². The largest absolute Gasteiger partial charge is 0.326 e. The minimum absolute atomic E-state index is 0.0681. The van der Waals surface area contributed by atoms with Gasteiger partial charge in [-0.15, -0.1) is 0 Å². The highest BCUT2D eigenvalue weighted by atomic mass is 16.2. The molecule has 0 bridgehead atoms. The van der Waals surface area contributed by atoms with Crippen molar-refractivity contribution in [3.05, 3.63) is 53.9 Å². The smallest absolute Gasteiger partial charge is 0.323 e. The molecule has 1 N–H and O–H groups in total. The number of aromatic nitrogens is 2. The van der Waals surface area contributed by atoms with Crippen molar-refractivity contribution in [1.29, 1.82) is 0 Å².